The Morgan fingerprint density at radius 3 is 2.29 bits per heavy atom. The molecule has 2 rings (SSSR count). The maximum absolute atomic E-state index is 13.1. The minimum atomic E-state index is -0.967. The van der Waals surface area contributed by atoms with Crippen LogP contribution in [0.1, 0.15) is 22.8 Å². The zero-order valence-corrected chi connectivity index (χ0v) is 11.8. The molecule has 0 fully saturated rings. The van der Waals surface area contributed by atoms with Gasteiger partial charge in [-0.2, -0.15) is 5.10 Å². The van der Waals surface area contributed by atoms with Crippen molar-refractivity contribution in [1.29, 1.82) is 0 Å². The van der Waals surface area contributed by atoms with Crippen LogP contribution in [0.2, 0.25) is 5.02 Å². The maximum atomic E-state index is 13.1. The van der Waals surface area contributed by atoms with E-state index >= 15 is 0 Å². The monoisotopic (exact) mass is 308 g/mol. The van der Waals surface area contributed by atoms with Crippen molar-refractivity contribution in [3.05, 3.63) is 70.2 Å². The molecule has 1 amide bonds. The molecule has 0 atom stereocenters. The lowest BCUT2D eigenvalue weighted by Crippen LogP contribution is -2.19. The summed E-state index contributed by atoms with van der Waals surface area (Å²) in [5.74, 6) is -2.32. The highest BCUT2D eigenvalue weighted by atomic mass is 35.5. The van der Waals surface area contributed by atoms with Gasteiger partial charge in [0, 0.05) is 16.1 Å². The van der Waals surface area contributed by atoms with Crippen LogP contribution in [0.5, 0.6) is 0 Å². The average Bonchev–Trinajstić information content (AvgIpc) is 2.48. The molecule has 0 radical (unpaired) electrons. The molecule has 0 bridgehead atoms. The van der Waals surface area contributed by atoms with Crippen molar-refractivity contribution in [3.8, 4) is 0 Å². The van der Waals surface area contributed by atoms with Crippen molar-refractivity contribution < 1.29 is 13.6 Å². The van der Waals surface area contributed by atoms with Gasteiger partial charge < -0.3 is 0 Å². The van der Waals surface area contributed by atoms with E-state index in [9.17, 15) is 13.6 Å². The Morgan fingerprint density at radius 1 is 1.05 bits per heavy atom. The van der Waals surface area contributed by atoms with E-state index in [2.05, 4.69) is 10.5 Å². The van der Waals surface area contributed by atoms with Gasteiger partial charge in [0.1, 0.15) is 0 Å². The van der Waals surface area contributed by atoms with E-state index in [1.165, 1.54) is 6.07 Å². The number of nitrogens with one attached hydrogen (secondary N) is 1. The van der Waals surface area contributed by atoms with Crippen molar-refractivity contribution >= 4 is 23.2 Å². The minimum Gasteiger partial charge on any atom is -0.267 e. The van der Waals surface area contributed by atoms with Gasteiger partial charge in [-0.3, -0.25) is 4.79 Å². The molecule has 0 heterocycles. The summed E-state index contributed by atoms with van der Waals surface area (Å²) in [5, 5.41) is 4.38. The molecule has 0 saturated heterocycles. The van der Waals surface area contributed by atoms with Gasteiger partial charge in [0.15, 0.2) is 11.6 Å². The Hall–Kier alpha value is -2.27. The summed E-state index contributed by atoms with van der Waals surface area (Å²) in [7, 11) is 0. The SMILES string of the molecule is C/C(=N/NC(=O)c1ccc(Cl)cc1)c1ccc(F)c(F)c1. The maximum Gasteiger partial charge on any atom is 0.271 e. The van der Waals surface area contributed by atoms with Crippen molar-refractivity contribution in [2.75, 3.05) is 0 Å². The molecule has 21 heavy (non-hydrogen) atoms. The van der Waals surface area contributed by atoms with Crippen LogP contribution < -0.4 is 5.43 Å². The first kappa shape index (κ1) is 15.1. The second-order valence-corrected chi connectivity index (χ2v) is 4.71. The van der Waals surface area contributed by atoms with Gasteiger partial charge in [0.25, 0.3) is 5.91 Å². The van der Waals surface area contributed by atoms with E-state index in [-0.39, 0.29) is 0 Å². The topological polar surface area (TPSA) is 41.5 Å². The second-order valence-electron chi connectivity index (χ2n) is 4.27. The fourth-order valence-electron chi connectivity index (χ4n) is 1.59. The molecule has 0 saturated carbocycles. The number of rotatable bonds is 3. The molecule has 108 valence electrons. The summed E-state index contributed by atoms with van der Waals surface area (Å²) in [6, 6.07) is 9.68. The van der Waals surface area contributed by atoms with E-state index in [4.69, 9.17) is 11.6 Å². The van der Waals surface area contributed by atoms with Gasteiger partial charge >= 0.3 is 0 Å². The molecule has 6 heteroatoms. The van der Waals surface area contributed by atoms with Crippen LogP contribution in [0.4, 0.5) is 8.78 Å². The normalized spacial score (nSPS) is 11.3. The van der Waals surface area contributed by atoms with Crippen LogP contribution in [0.3, 0.4) is 0 Å². The number of halogens is 3. The number of amides is 1. The Labute approximate surface area is 125 Å². The molecule has 0 aliphatic rings. The number of hydrazone groups is 1. The number of hydrogen-bond donors (Lipinski definition) is 1. The third-order valence-electron chi connectivity index (χ3n) is 2.77. The molecule has 0 aromatic heterocycles. The molecule has 1 N–H and O–H groups in total. The highest BCUT2D eigenvalue weighted by molar-refractivity contribution is 6.30. The number of carbonyl (C=O) groups excluding carboxylic acids is 1. The van der Waals surface area contributed by atoms with Crippen molar-refractivity contribution in [3.63, 3.8) is 0 Å². The smallest absolute Gasteiger partial charge is 0.267 e. The minimum absolute atomic E-state index is 0.358. The number of carbonyl (C=O) groups is 1. The molecule has 3 nitrogen and oxygen atoms in total. The summed E-state index contributed by atoms with van der Waals surface area (Å²) >= 11 is 5.73. The summed E-state index contributed by atoms with van der Waals surface area (Å²) < 4.78 is 25.9. The van der Waals surface area contributed by atoms with Gasteiger partial charge in [-0.1, -0.05) is 11.6 Å². The fraction of sp³-hybridized carbons (Fsp3) is 0.0667. The van der Waals surface area contributed by atoms with Gasteiger partial charge in [-0.05, 0) is 49.4 Å². The molecular formula is C15H11ClF2N2O. The van der Waals surface area contributed by atoms with Crippen molar-refractivity contribution in [2.45, 2.75) is 6.92 Å². The molecule has 0 unspecified atom stereocenters. The molecule has 2 aromatic rings. The number of hydrogen-bond acceptors (Lipinski definition) is 2. The van der Waals surface area contributed by atoms with E-state index < -0.39 is 17.5 Å². The number of nitrogens with zero attached hydrogens (tertiary/aromatic N) is 1. The lowest BCUT2D eigenvalue weighted by atomic mass is 10.1. The zero-order chi connectivity index (χ0) is 15.4. The first-order valence-corrected chi connectivity index (χ1v) is 6.41. The highest BCUT2D eigenvalue weighted by Crippen LogP contribution is 2.11. The quantitative estimate of drug-likeness (QED) is 0.680. The predicted molar refractivity (Wildman–Crippen MR) is 77.5 cm³/mol. The van der Waals surface area contributed by atoms with Crippen LogP contribution in [-0.2, 0) is 0 Å². The third kappa shape index (κ3) is 3.86. The van der Waals surface area contributed by atoms with Crippen LogP contribution in [0.15, 0.2) is 47.6 Å². The lowest BCUT2D eigenvalue weighted by Gasteiger charge is -2.04. The summed E-state index contributed by atoms with van der Waals surface area (Å²) in [6.45, 7) is 1.58. The van der Waals surface area contributed by atoms with Crippen LogP contribution in [0.25, 0.3) is 0 Å². The van der Waals surface area contributed by atoms with Gasteiger partial charge in [0.05, 0.1) is 5.71 Å². The Kier molecular flexibility index (Phi) is 4.65. The van der Waals surface area contributed by atoms with Gasteiger partial charge in [-0.15, -0.1) is 0 Å². The Balaban J connectivity index is 2.10. The van der Waals surface area contributed by atoms with E-state index in [0.29, 0.717) is 21.9 Å². The van der Waals surface area contributed by atoms with E-state index in [0.717, 1.165) is 12.1 Å². The van der Waals surface area contributed by atoms with E-state index in [1.54, 1.807) is 31.2 Å². The second kappa shape index (κ2) is 6.45. The fourth-order valence-corrected chi connectivity index (χ4v) is 1.71. The third-order valence-corrected chi connectivity index (χ3v) is 3.02. The first-order valence-electron chi connectivity index (χ1n) is 6.03. The number of benzene rings is 2. The summed E-state index contributed by atoms with van der Waals surface area (Å²) in [4.78, 5) is 11.8. The van der Waals surface area contributed by atoms with Crippen LogP contribution in [-0.4, -0.2) is 11.6 Å². The molecule has 0 spiro atoms. The van der Waals surface area contributed by atoms with E-state index in [1.807, 2.05) is 0 Å². The van der Waals surface area contributed by atoms with Crippen LogP contribution >= 0.6 is 11.6 Å². The molecule has 0 aliphatic heterocycles. The first-order chi connectivity index (χ1) is 9.97. The largest absolute Gasteiger partial charge is 0.271 e. The summed E-state index contributed by atoms with van der Waals surface area (Å²) in [5.41, 5.74) is 3.47. The highest BCUT2D eigenvalue weighted by Gasteiger charge is 2.07. The lowest BCUT2D eigenvalue weighted by molar-refractivity contribution is 0.0955. The van der Waals surface area contributed by atoms with Crippen LogP contribution in [0, 0.1) is 11.6 Å². The van der Waals surface area contributed by atoms with Gasteiger partial charge in [0.2, 0.25) is 0 Å². The van der Waals surface area contributed by atoms with Crippen molar-refractivity contribution in [1.82, 2.24) is 5.43 Å². The average molecular weight is 309 g/mol. The predicted octanol–water partition coefficient (Wildman–Crippen LogP) is 3.77. The Morgan fingerprint density at radius 2 is 1.67 bits per heavy atom. The summed E-state index contributed by atoms with van der Waals surface area (Å²) in [6.07, 6.45) is 0. The zero-order valence-electron chi connectivity index (χ0n) is 11.0. The Bertz CT molecular complexity index is 699. The molecular weight excluding hydrogens is 298 g/mol. The standard InChI is InChI=1S/C15H11ClF2N2O/c1-9(11-4-7-13(17)14(18)8-11)19-20-15(21)10-2-5-12(16)6-3-10/h2-8H,1H3,(H,20,21)/b19-9-. The molecule has 0 aliphatic carbocycles. The molecule has 2 aromatic carbocycles. The van der Waals surface area contributed by atoms with Gasteiger partial charge in [-0.25, -0.2) is 14.2 Å². The van der Waals surface area contributed by atoms with Crippen molar-refractivity contribution in [2.24, 2.45) is 5.10 Å².